The first-order valence-corrected chi connectivity index (χ1v) is 8.03. The highest BCUT2D eigenvalue weighted by Crippen LogP contribution is 2.19. The van der Waals surface area contributed by atoms with Crippen molar-refractivity contribution in [2.45, 2.75) is 13.5 Å². The smallest absolute Gasteiger partial charge is 0.254 e. The van der Waals surface area contributed by atoms with Gasteiger partial charge in [0.25, 0.3) is 11.8 Å². The molecule has 0 spiro atoms. The Balaban J connectivity index is 1.66. The summed E-state index contributed by atoms with van der Waals surface area (Å²) in [6.45, 7) is 2.72. The predicted molar refractivity (Wildman–Crippen MR) is 93.1 cm³/mol. The molecule has 0 atom stereocenters. The first-order chi connectivity index (χ1) is 12.2. The highest BCUT2D eigenvalue weighted by molar-refractivity contribution is 5.94. The Labute approximate surface area is 146 Å². The molecule has 0 bridgehead atoms. The zero-order valence-electron chi connectivity index (χ0n) is 14.2. The lowest BCUT2D eigenvalue weighted by atomic mass is 10.2. The second-order valence-electron chi connectivity index (χ2n) is 5.50. The number of amides is 1. The van der Waals surface area contributed by atoms with Crippen molar-refractivity contribution in [3.8, 4) is 17.2 Å². The molecule has 3 rings (SSSR count). The van der Waals surface area contributed by atoms with Gasteiger partial charge in [-0.1, -0.05) is 24.3 Å². The summed E-state index contributed by atoms with van der Waals surface area (Å²) in [5.74, 6) is 1.36. The zero-order chi connectivity index (χ0) is 17.6. The Morgan fingerprint density at radius 2 is 1.92 bits per heavy atom. The van der Waals surface area contributed by atoms with Crippen LogP contribution >= 0.6 is 0 Å². The van der Waals surface area contributed by atoms with E-state index in [1.807, 2.05) is 37.3 Å². The summed E-state index contributed by atoms with van der Waals surface area (Å²) in [7, 11) is 1.76. The molecule has 25 heavy (non-hydrogen) atoms. The van der Waals surface area contributed by atoms with Gasteiger partial charge in [-0.15, -0.1) is 10.2 Å². The molecule has 6 heteroatoms. The predicted octanol–water partition coefficient (Wildman–Crippen LogP) is 3.41. The monoisotopic (exact) mass is 337 g/mol. The van der Waals surface area contributed by atoms with Crippen molar-refractivity contribution in [3.63, 3.8) is 0 Å². The van der Waals surface area contributed by atoms with E-state index in [2.05, 4.69) is 10.2 Å². The number of ether oxygens (including phenoxy) is 1. The quantitative estimate of drug-likeness (QED) is 0.689. The van der Waals surface area contributed by atoms with Gasteiger partial charge in [0, 0.05) is 24.7 Å². The average molecular weight is 337 g/mol. The number of hydrogen-bond acceptors (Lipinski definition) is 5. The highest BCUT2D eigenvalue weighted by Gasteiger charge is 2.12. The normalized spacial score (nSPS) is 10.5. The molecule has 2 aromatic carbocycles. The van der Waals surface area contributed by atoms with Gasteiger partial charge in [-0.2, -0.15) is 0 Å². The molecule has 6 nitrogen and oxygen atoms in total. The lowest BCUT2D eigenvalue weighted by Crippen LogP contribution is -2.26. The van der Waals surface area contributed by atoms with Crippen LogP contribution in [0.25, 0.3) is 11.5 Å². The minimum absolute atomic E-state index is 0.0443. The van der Waals surface area contributed by atoms with Crippen LogP contribution in [0.4, 0.5) is 0 Å². The molecule has 0 fully saturated rings. The van der Waals surface area contributed by atoms with Crippen LogP contribution in [0.3, 0.4) is 0 Å². The van der Waals surface area contributed by atoms with Crippen molar-refractivity contribution < 1.29 is 13.9 Å². The van der Waals surface area contributed by atoms with Gasteiger partial charge in [-0.25, -0.2) is 0 Å². The van der Waals surface area contributed by atoms with Gasteiger partial charge >= 0.3 is 0 Å². The van der Waals surface area contributed by atoms with Crippen molar-refractivity contribution in [1.29, 1.82) is 0 Å². The lowest BCUT2D eigenvalue weighted by Gasteiger charge is -2.14. The number of nitrogens with zero attached hydrogens (tertiary/aromatic N) is 3. The summed E-state index contributed by atoms with van der Waals surface area (Å²) in [6, 6.07) is 16.6. The standard InChI is InChI=1S/C19H19N3O3/c1-3-22(2)19(23)15-10-7-11-16(12-15)24-13-17-20-21-18(25-17)14-8-5-4-6-9-14/h4-12H,3,13H2,1-2H3. The first kappa shape index (κ1) is 16.7. The first-order valence-electron chi connectivity index (χ1n) is 8.03. The molecule has 0 unspecified atom stereocenters. The minimum Gasteiger partial charge on any atom is -0.484 e. The summed E-state index contributed by atoms with van der Waals surface area (Å²) in [5.41, 5.74) is 1.44. The van der Waals surface area contributed by atoms with Crippen LogP contribution in [0.2, 0.25) is 0 Å². The van der Waals surface area contributed by atoms with E-state index in [-0.39, 0.29) is 12.5 Å². The van der Waals surface area contributed by atoms with Gasteiger partial charge in [0.1, 0.15) is 5.75 Å². The number of carbonyl (C=O) groups excluding carboxylic acids is 1. The molecule has 0 aliphatic heterocycles. The van der Waals surface area contributed by atoms with Crippen molar-refractivity contribution in [3.05, 3.63) is 66.1 Å². The minimum atomic E-state index is -0.0443. The molecule has 1 heterocycles. The van der Waals surface area contributed by atoms with Gasteiger partial charge in [0.15, 0.2) is 6.61 Å². The molecule has 1 amide bonds. The largest absolute Gasteiger partial charge is 0.484 e. The van der Waals surface area contributed by atoms with Crippen molar-refractivity contribution in [1.82, 2.24) is 15.1 Å². The topological polar surface area (TPSA) is 68.5 Å². The third-order valence-corrected chi connectivity index (χ3v) is 3.75. The second-order valence-corrected chi connectivity index (χ2v) is 5.50. The molecule has 0 saturated heterocycles. The van der Waals surface area contributed by atoms with E-state index in [0.29, 0.717) is 29.6 Å². The lowest BCUT2D eigenvalue weighted by molar-refractivity contribution is 0.0802. The number of aromatic nitrogens is 2. The maximum Gasteiger partial charge on any atom is 0.254 e. The van der Waals surface area contributed by atoms with E-state index < -0.39 is 0 Å². The van der Waals surface area contributed by atoms with Crippen molar-refractivity contribution in [2.75, 3.05) is 13.6 Å². The third-order valence-electron chi connectivity index (χ3n) is 3.75. The van der Waals surface area contributed by atoms with Gasteiger partial charge in [0.2, 0.25) is 5.89 Å². The maximum absolute atomic E-state index is 12.2. The molecule has 3 aromatic rings. The molecule has 1 aromatic heterocycles. The molecule has 0 aliphatic rings. The van der Waals surface area contributed by atoms with E-state index in [1.54, 1.807) is 36.2 Å². The van der Waals surface area contributed by atoms with Crippen LogP contribution in [-0.2, 0) is 6.61 Å². The van der Waals surface area contributed by atoms with E-state index in [0.717, 1.165) is 5.56 Å². The molecule has 0 N–H and O–H groups in total. The van der Waals surface area contributed by atoms with E-state index >= 15 is 0 Å². The van der Waals surface area contributed by atoms with E-state index in [1.165, 1.54) is 0 Å². The Morgan fingerprint density at radius 1 is 1.12 bits per heavy atom. The number of benzene rings is 2. The van der Waals surface area contributed by atoms with Crippen LogP contribution in [0.5, 0.6) is 5.75 Å². The van der Waals surface area contributed by atoms with Crippen LogP contribution in [-0.4, -0.2) is 34.6 Å². The molecular weight excluding hydrogens is 318 g/mol. The van der Waals surface area contributed by atoms with E-state index in [9.17, 15) is 4.79 Å². The fourth-order valence-corrected chi connectivity index (χ4v) is 2.24. The number of carbonyl (C=O) groups is 1. The second kappa shape index (κ2) is 7.61. The summed E-state index contributed by atoms with van der Waals surface area (Å²) in [4.78, 5) is 13.8. The zero-order valence-corrected chi connectivity index (χ0v) is 14.2. The average Bonchev–Trinajstić information content (AvgIpc) is 3.15. The third kappa shape index (κ3) is 4.03. The van der Waals surface area contributed by atoms with Crippen LogP contribution in [0.1, 0.15) is 23.2 Å². The fourth-order valence-electron chi connectivity index (χ4n) is 2.24. The highest BCUT2D eigenvalue weighted by atomic mass is 16.5. The Morgan fingerprint density at radius 3 is 2.68 bits per heavy atom. The molecular formula is C19H19N3O3. The summed E-state index contributed by atoms with van der Waals surface area (Å²) >= 11 is 0. The molecule has 0 saturated carbocycles. The maximum atomic E-state index is 12.2. The summed E-state index contributed by atoms with van der Waals surface area (Å²) in [6.07, 6.45) is 0. The summed E-state index contributed by atoms with van der Waals surface area (Å²) in [5, 5.41) is 8.01. The Bertz CT molecular complexity index is 846. The molecule has 128 valence electrons. The van der Waals surface area contributed by atoms with Gasteiger partial charge in [-0.05, 0) is 37.3 Å². The van der Waals surface area contributed by atoms with Crippen LogP contribution in [0, 0.1) is 0 Å². The SMILES string of the molecule is CCN(C)C(=O)c1cccc(OCc2nnc(-c3ccccc3)o2)c1. The fraction of sp³-hybridized carbons (Fsp3) is 0.211. The van der Waals surface area contributed by atoms with Crippen LogP contribution in [0.15, 0.2) is 59.0 Å². The molecule has 0 aliphatic carbocycles. The van der Waals surface area contributed by atoms with Gasteiger partial charge in [0.05, 0.1) is 0 Å². The Kier molecular flexibility index (Phi) is 5.09. The number of hydrogen-bond donors (Lipinski definition) is 0. The van der Waals surface area contributed by atoms with Crippen molar-refractivity contribution >= 4 is 5.91 Å². The van der Waals surface area contributed by atoms with Crippen molar-refractivity contribution in [2.24, 2.45) is 0 Å². The van der Waals surface area contributed by atoms with Gasteiger partial charge < -0.3 is 14.1 Å². The summed E-state index contributed by atoms with van der Waals surface area (Å²) < 4.78 is 11.3. The Hall–Kier alpha value is -3.15. The van der Waals surface area contributed by atoms with E-state index in [4.69, 9.17) is 9.15 Å². The number of rotatable bonds is 6. The van der Waals surface area contributed by atoms with Crippen LogP contribution < -0.4 is 4.74 Å². The van der Waals surface area contributed by atoms with Gasteiger partial charge in [-0.3, -0.25) is 4.79 Å². The molecule has 0 radical (unpaired) electrons.